The molecule has 0 aromatic heterocycles. The molecule has 144 valence electrons. The summed E-state index contributed by atoms with van der Waals surface area (Å²) < 4.78 is 0. The smallest absolute Gasteiger partial charge is 0.162 e. The maximum Gasteiger partial charge on any atom is 0.162 e. The first kappa shape index (κ1) is 18.4. The fourth-order valence-electron chi connectivity index (χ4n) is 5.76. The van der Waals surface area contributed by atoms with E-state index in [0.717, 1.165) is 44.9 Å². The second-order valence-electron chi connectivity index (χ2n) is 9.01. The summed E-state index contributed by atoms with van der Waals surface area (Å²) in [6, 6.07) is 0. The van der Waals surface area contributed by atoms with Gasteiger partial charge in [0, 0.05) is 12.3 Å². The molecule has 0 aromatic carbocycles. The summed E-state index contributed by atoms with van der Waals surface area (Å²) in [5.41, 5.74) is 1.64. The third kappa shape index (κ3) is 2.55. The lowest BCUT2D eigenvalue weighted by atomic mass is 9.66. The van der Waals surface area contributed by atoms with E-state index in [4.69, 9.17) is 9.78 Å². The number of ketones is 1. The number of allylic oxidation sites excluding steroid dienone is 3. The van der Waals surface area contributed by atoms with Crippen molar-refractivity contribution in [2.24, 2.45) is 11.3 Å². The number of Topliss-reactive ketones (excluding diaryl/α,β-unsaturated/α-hetero) is 1. The van der Waals surface area contributed by atoms with E-state index in [2.05, 4.69) is 26.0 Å². The van der Waals surface area contributed by atoms with Crippen LogP contribution in [0.5, 0.6) is 0 Å². The van der Waals surface area contributed by atoms with Gasteiger partial charge in [-0.15, -0.1) is 0 Å². The predicted octanol–water partition coefficient (Wildman–Crippen LogP) is 3.00. The van der Waals surface area contributed by atoms with Gasteiger partial charge in [-0.1, -0.05) is 18.6 Å². The Balaban J connectivity index is 1.63. The van der Waals surface area contributed by atoms with Gasteiger partial charge in [-0.25, -0.2) is 9.78 Å². The zero-order chi connectivity index (χ0) is 18.6. The minimum absolute atomic E-state index is 0.0231. The minimum Gasteiger partial charge on any atom is -0.393 e. The topological polar surface area (TPSA) is 76.0 Å². The number of fused-ring (bicyclic) bond motifs is 2. The highest BCUT2D eigenvalue weighted by Crippen LogP contribution is 2.56. The van der Waals surface area contributed by atoms with Gasteiger partial charge in [0.2, 0.25) is 0 Å². The highest BCUT2D eigenvalue weighted by Gasteiger charge is 2.62. The molecule has 4 rings (SSSR count). The predicted molar refractivity (Wildman–Crippen MR) is 96.1 cm³/mol. The first-order chi connectivity index (χ1) is 12.3. The largest absolute Gasteiger partial charge is 0.393 e. The van der Waals surface area contributed by atoms with Crippen molar-refractivity contribution >= 4 is 5.78 Å². The van der Waals surface area contributed by atoms with Crippen molar-refractivity contribution < 1.29 is 24.8 Å². The maximum atomic E-state index is 12.2. The lowest BCUT2D eigenvalue weighted by molar-refractivity contribution is -0.545. The molecular weight excluding hydrogens is 332 g/mol. The molecule has 0 radical (unpaired) electrons. The van der Waals surface area contributed by atoms with E-state index in [-0.39, 0.29) is 35.4 Å². The molecule has 2 N–H and O–H groups in total. The molecule has 3 aliphatic carbocycles. The van der Waals surface area contributed by atoms with E-state index in [1.54, 1.807) is 0 Å². The van der Waals surface area contributed by atoms with E-state index >= 15 is 0 Å². The molecule has 2 saturated carbocycles. The van der Waals surface area contributed by atoms with Crippen LogP contribution < -0.4 is 0 Å². The third-order valence-electron chi connectivity index (χ3n) is 7.53. The standard InChI is InChI=1S/C21H30O5/c1-19-9-3-4-14(16(19)5-6-17(19)18(24)13-22)7-11-21-12-15(23)8-10-20(21,2)25-26-21/h7,11,15,17,22-23H,3-6,8-10,12-13H2,1-2H3/b11-7+/t15-,17+,19-,20-,21?/m0/s1. The van der Waals surface area contributed by atoms with Crippen molar-refractivity contribution in [1.82, 2.24) is 0 Å². The molecule has 0 spiro atoms. The maximum absolute atomic E-state index is 12.2. The number of rotatable bonds is 4. The van der Waals surface area contributed by atoms with Gasteiger partial charge in [-0.2, -0.15) is 0 Å². The van der Waals surface area contributed by atoms with Crippen LogP contribution in [0.4, 0.5) is 0 Å². The van der Waals surface area contributed by atoms with Crippen LogP contribution in [0.15, 0.2) is 23.3 Å². The molecule has 3 fully saturated rings. The molecule has 1 aliphatic heterocycles. The van der Waals surface area contributed by atoms with Gasteiger partial charge in [0.15, 0.2) is 11.4 Å². The first-order valence-electron chi connectivity index (χ1n) is 9.94. The second-order valence-corrected chi connectivity index (χ2v) is 9.01. The summed E-state index contributed by atoms with van der Waals surface area (Å²) in [6.07, 6.45) is 10.8. The summed E-state index contributed by atoms with van der Waals surface area (Å²) in [6.45, 7) is 3.89. The zero-order valence-corrected chi connectivity index (χ0v) is 15.8. The lowest BCUT2D eigenvalue weighted by Crippen LogP contribution is -2.67. The van der Waals surface area contributed by atoms with E-state index in [0.29, 0.717) is 6.42 Å². The Morgan fingerprint density at radius 3 is 2.73 bits per heavy atom. The number of aliphatic hydroxyl groups is 2. The van der Waals surface area contributed by atoms with E-state index in [1.807, 2.05) is 0 Å². The highest BCUT2D eigenvalue weighted by atomic mass is 17.3. The number of carbonyl (C=O) groups is 1. The summed E-state index contributed by atoms with van der Waals surface area (Å²) in [4.78, 5) is 23.2. The third-order valence-corrected chi connectivity index (χ3v) is 7.53. The normalized spacial score (nSPS) is 45.4. The molecule has 5 heteroatoms. The van der Waals surface area contributed by atoms with Gasteiger partial charge in [-0.3, -0.25) is 4.79 Å². The Hall–Kier alpha value is -1.01. The summed E-state index contributed by atoms with van der Waals surface area (Å²) in [5, 5.41) is 19.4. The summed E-state index contributed by atoms with van der Waals surface area (Å²) >= 11 is 0. The van der Waals surface area contributed by atoms with Gasteiger partial charge >= 0.3 is 0 Å². The average Bonchev–Trinajstić information content (AvgIpc) is 2.98. The quantitative estimate of drug-likeness (QED) is 0.752. The average molecular weight is 362 g/mol. The molecule has 0 aromatic rings. The van der Waals surface area contributed by atoms with Crippen molar-refractivity contribution in [2.45, 2.75) is 82.5 Å². The van der Waals surface area contributed by atoms with Crippen LogP contribution >= 0.6 is 0 Å². The number of aliphatic hydroxyl groups excluding tert-OH is 2. The highest BCUT2D eigenvalue weighted by molar-refractivity contribution is 5.84. The zero-order valence-electron chi connectivity index (χ0n) is 15.8. The molecule has 1 saturated heterocycles. The van der Waals surface area contributed by atoms with Gasteiger partial charge in [0.1, 0.15) is 12.2 Å². The molecule has 0 amide bonds. The van der Waals surface area contributed by atoms with E-state index < -0.39 is 5.60 Å². The van der Waals surface area contributed by atoms with Crippen molar-refractivity contribution in [3.8, 4) is 0 Å². The van der Waals surface area contributed by atoms with Gasteiger partial charge < -0.3 is 10.2 Å². The van der Waals surface area contributed by atoms with Crippen molar-refractivity contribution in [3.63, 3.8) is 0 Å². The summed E-state index contributed by atoms with van der Waals surface area (Å²) in [5.74, 6) is -0.0838. The van der Waals surface area contributed by atoms with Crippen molar-refractivity contribution in [1.29, 1.82) is 0 Å². The Morgan fingerprint density at radius 2 is 2.04 bits per heavy atom. The SMILES string of the molecule is C[C@]12CCCC(/C=C/C34C[C@@H](O)CC[C@]3(C)OO4)=C1CC[C@@H]2C(=O)CO. The van der Waals surface area contributed by atoms with Crippen LogP contribution in [0.25, 0.3) is 0 Å². The van der Waals surface area contributed by atoms with Crippen LogP contribution in [-0.2, 0) is 14.6 Å². The Morgan fingerprint density at radius 1 is 1.23 bits per heavy atom. The lowest BCUT2D eigenvalue weighted by Gasteiger charge is -2.57. The van der Waals surface area contributed by atoms with Crippen molar-refractivity contribution in [3.05, 3.63) is 23.3 Å². The number of carbonyl (C=O) groups excluding carboxylic acids is 1. The minimum atomic E-state index is -0.551. The first-order valence-corrected chi connectivity index (χ1v) is 9.94. The Kier molecular flexibility index (Phi) is 4.42. The molecule has 5 nitrogen and oxygen atoms in total. The Bertz CT molecular complexity index is 667. The van der Waals surface area contributed by atoms with Crippen LogP contribution in [0.3, 0.4) is 0 Å². The molecule has 26 heavy (non-hydrogen) atoms. The molecule has 5 atom stereocenters. The van der Waals surface area contributed by atoms with Crippen LogP contribution in [0.1, 0.15) is 65.2 Å². The van der Waals surface area contributed by atoms with E-state index in [9.17, 15) is 15.0 Å². The number of hydrogen-bond donors (Lipinski definition) is 2. The van der Waals surface area contributed by atoms with Crippen LogP contribution in [0.2, 0.25) is 0 Å². The van der Waals surface area contributed by atoms with Crippen molar-refractivity contribution in [2.75, 3.05) is 6.61 Å². The second kappa shape index (κ2) is 6.26. The molecule has 1 unspecified atom stereocenters. The van der Waals surface area contributed by atoms with Gasteiger partial charge in [0.05, 0.1) is 6.10 Å². The molecule has 4 aliphatic rings. The summed E-state index contributed by atoms with van der Waals surface area (Å²) in [7, 11) is 0. The fraction of sp³-hybridized carbons (Fsp3) is 0.762. The fourth-order valence-corrected chi connectivity index (χ4v) is 5.76. The molecule has 0 bridgehead atoms. The van der Waals surface area contributed by atoms with Gasteiger partial charge in [-0.05, 0) is 68.9 Å². The van der Waals surface area contributed by atoms with E-state index in [1.165, 1.54) is 11.1 Å². The number of hydrogen-bond acceptors (Lipinski definition) is 5. The molecule has 1 heterocycles. The molecular formula is C21H30O5. The van der Waals surface area contributed by atoms with Crippen LogP contribution in [0, 0.1) is 11.3 Å². The van der Waals surface area contributed by atoms with Gasteiger partial charge in [0.25, 0.3) is 0 Å². The monoisotopic (exact) mass is 362 g/mol. The Labute approximate surface area is 155 Å². The van der Waals surface area contributed by atoms with Crippen LogP contribution in [-0.4, -0.2) is 39.9 Å².